The molecule has 136 valence electrons. The van der Waals surface area contributed by atoms with E-state index >= 15 is 0 Å². The van der Waals surface area contributed by atoms with Gasteiger partial charge in [0.1, 0.15) is 10.8 Å². The number of nitrogens with one attached hydrogen (secondary N) is 2. The summed E-state index contributed by atoms with van der Waals surface area (Å²) in [5.74, 6) is 0.610. The molecule has 7 heteroatoms. The van der Waals surface area contributed by atoms with E-state index in [1.165, 1.54) is 43.4 Å². The molecule has 0 saturated carbocycles. The quantitative estimate of drug-likeness (QED) is 0.577. The number of rotatable bonds is 10. The minimum Gasteiger partial charge on any atom is -0.495 e. The van der Waals surface area contributed by atoms with Crippen molar-refractivity contribution in [2.45, 2.75) is 51.9 Å². The third-order valence-corrected chi connectivity index (χ3v) is 4.69. The largest absolute Gasteiger partial charge is 0.495 e. The number of carbonyl (C=O) groups is 1. The minimum absolute atomic E-state index is 0.355. The van der Waals surface area contributed by atoms with E-state index in [1.54, 1.807) is 19.2 Å². The van der Waals surface area contributed by atoms with Crippen LogP contribution in [0.3, 0.4) is 0 Å². The van der Waals surface area contributed by atoms with E-state index in [2.05, 4.69) is 27.8 Å². The van der Waals surface area contributed by atoms with Crippen molar-refractivity contribution in [1.82, 2.24) is 10.2 Å². The number of aryl methyl sites for hydroxylation is 1. The number of ether oxygens (including phenoxy) is 1. The maximum atomic E-state index is 12.1. The third kappa shape index (κ3) is 6.70. The van der Waals surface area contributed by atoms with E-state index < -0.39 is 0 Å². The van der Waals surface area contributed by atoms with Gasteiger partial charge in [-0.2, -0.15) is 0 Å². The van der Waals surface area contributed by atoms with E-state index in [0.29, 0.717) is 16.6 Å². The van der Waals surface area contributed by atoms with Crippen molar-refractivity contribution in [2.24, 2.45) is 0 Å². The molecule has 0 spiro atoms. The molecule has 1 aromatic carbocycles. The van der Waals surface area contributed by atoms with Crippen LogP contribution in [0.2, 0.25) is 0 Å². The standard InChI is InChI=1S/C18H26N4O2S/c1-3-4-5-6-7-8-13-16-21-22-18(25-16)20-17(23)19-14-11-9-10-12-15(14)24-2/h9-12H,3-8,13H2,1-2H3,(H2,19,20,22,23). The van der Waals surface area contributed by atoms with Gasteiger partial charge < -0.3 is 10.1 Å². The minimum atomic E-state index is -0.355. The highest BCUT2D eigenvalue weighted by molar-refractivity contribution is 7.15. The lowest BCUT2D eigenvalue weighted by molar-refractivity contribution is 0.262. The van der Waals surface area contributed by atoms with Gasteiger partial charge >= 0.3 is 6.03 Å². The number of benzene rings is 1. The lowest BCUT2D eigenvalue weighted by atomic mass is 10.1. The molecule has 2 amide bonds. The first kappa shape index (κ1) is 19.2. The van der Waals surface area contributed by atoms with Crippen molar-refractivity contribution in [3.63, 3.8) is 0 Å². The van der Waals surface area contributed by atoms with E-state index in [0.717, 1.165) is 17.8 Å². The molecule has 2 aromatic rings. The van der Waals surface area contributed by atoms with E-state index in [-0.39, 0.29) is 6.03 Å². The molecule has 1 aromatic heterocycles. The van der Waals surface area contributed by atoms with Crippen molar-refractivity contribution >= 4 is 28.2 Å². The van der Waals surface area contributed by atoms with Crippen LogP contribution in [0.4, 0.5) is 15.6 Å². The maximum Gasteiger partial charge on any atom is 0.325 e. The number of aromatic nitrogens is 2. The summed E-state index contributed by atoms with van der Waals surface area (Å²) in [4.78, 5) is 12.1. The van der Waals surface area contributed by atoms with Gasteiger partial charge in [-0.1, -0.05) is 62.5 Å². The average Bonchev–Trinajstić information content (AvgIpc) is 3.05. The van der Waals surface area contributed by atoms with Gasteiger partial charge in [0.2, 0.25) is 5.13 Å². The van der Waals surface area contributed by atoms with Gasteiger partial charge in [0.25, 0.3) is 0 Å². The number of urea groups is 1. The lowest BCUT2D eigenvalue weighted by Crippen LogP contribution is -2.19. The summed E-state index contributed by atoms with van der Waals surface area (Å²) in [6.45, 7) is 2.22. The summed E-state index contributed by atoms with van der Waals surface area (Å²) in [6, 6.07) is 6.90. The van der Waals surface area contributed by atoms with Crippen molar-refractivity contribution in [1.29, 1.82) is 0 Å². The third-order valence-electron chi connectivity index (χ3n) is 3.79. The summed E-state index contributed by atoms with van der Waals surface area (Å²) in [5.41, 5.74) is 0.610. The number of hydrogen-bond donors (Lipinski definition) is 2. The Kier molecular flexibility index (Phi) is 8.18. The van der Waals surface area contributed by atoms with Gasteiger partial charge in [-0.05, 0) is 18.6 Å². The highest BCUT2D eigenvalue weighted by Crippen LogP contribution is 2.24. The van der Waals surface area contributed by atoms with Crippen molar-refractivity contribution in [2.75, 3.05) is 17.7 Å². The topological polar surface area (TPSA) is 76.1 Å². The van der Waals surface area contributed by atoms with Crippen LogP contribution in [-0.2, 0) is 6.42 Å². The number of unbranched alkanes of at least 4 members (excludes halogenated alkanes) is 5. The second-order valence-electron chi connectivity index (χ2n) is 5.80. The fourth-order valence-electron chi connectivity index (χ4n) is 2.46. The number of methoxy groups -OCH3 is 1. The van der Waals surface area contributed by atoms with Crippen LogP contribution in [0.1, 0.15) is 50.5 Å². The molecule has 0 saturated heterocycles. The highest BCUT2D eigenvalue weighted by atomic mass is 32.1. The predicted octanol–water partition coefficient (Wildman–Crippen LogP) is 5.09. The molecule has 25 heavy (non-hydrogen) atoms. The molecular weight excluding hydrogens is 336 g/mol. The first-order valence-corrected chi connectivity index (χ1v) is 9.58. The molecule has 0 aliphatic carbocycles. The van der Waals surface area contributed by atoms with Crippen LogP contribution in [0.15, 0.2) is 24.3 Å². The summed E-state index contributed by atoms with van der Waals surface area (Å²) >= 11 is 1.42. The number of para-hydroxylation sites is 2. The zero-order chi connectivity index (χ0) is 17.9. The zero-order valence-electron chi connectivity index (χ0n) is 14.9. The van der Waals surface area contributed by atoms with Crippen LogP contribution in [-0.4, -0.2) is 23.3 Å². The van der Waals surface area contributed by atoms with Gasteiger partial charge in [-0.3, -0.25) is 5.32 Å². The van der Waals surface area contributed by atoms with Crippen LogP contribution >= 0.6 is 11.3 Å². The van der Waals surface area contributed by atoms with Crippen LogP contribution in [0.25, 0.3) is 0 Å². The molecular formula is C18H26N4O2S. The van der Waals surface area contributed by atoms with Crippen molar-refractivity contribution in [3.8, 4) is 5.75 Å². The number of nitrogens with zero attached hydrogens (tertiary/aromatic N) is 2. The van der Waals surface area contributed by atoms with Crippen LogP contribution in [0.5, 0.6) is 5.75 Å². The second kappa shape index (κ2) is 10.7. The predicted molar refractivity (Wildman–Crippen MR) is 103 cm³/mol. The highest BCUT2D eigenvalue weighted by Gasteiger charge is 2.10. The molecule has 0 atom stereocenters. The smallest absolute Gasteiger partial charge is 0.325 e. The van der Waals surface area contributed by atoms with Crippen LogP contribution in [0, 0.1) is 0 Å². The van der Waals surface area contributed by atoms with Gasteiger partial charge in [-0.25, -0.2) is 4.79 Å². The Balaban J connectivity index is 1.75. The first-order valence-electron chi connectivity index (χ1n) is 8.76. The summed E-state index contributed by atoms with van der Waals surface area (Å²) in [6.07, 6.45) is 8.42. The molecule has 6 nitrogen and oxygen atoms in total. The molecule has 0 aliphatic rings. The van der Waals surface area contributed by atoms with Crippen LogP contribution < -0.4 is 15.4 Å². The fraction of sp³-hybridized carbons (Fsp3) is 0.500. The Morgan fingerprint density at radius 3 is 2.64 bits per heavy atom. The Bertz CT molecular complexity index is 660. The Labute approximate surface area is 153 Å². The number of hydrogen-bond acceptors (Lipinski definition) is 5. The SMILES string of the molecule is CCCCCCCCc1nnc(NC(=O)Nc2ccccc2OC)s1. The molecule has 0 aliphatic heterocycles. The number of amides is 2. The second-order valence-corrected chi connectivity index (χ2v) is 6.86. The number of carbonyl (C=O) groups excluding carboxylic acids is 1. The molecule has 0 fully saturated rings. The molecule has 0 unspecified atom stereocenters. The lowest BCUT2D eigenvalue weighted by Gasteiger charge is -2.09. The molecule has 1 heterocycles. The Morgan fingerprint density at radius 1 is 1.08 bits per heavy atom. The zero-order valence-corrected chi connectivity index (χ0v) is 15.7. The fourth-order valence-corrected chi connectivity index (χ4v) is 3.24. The van der Waals surface area contributed by atoms with E-state index in [9.17, 15) is 4.79 Å². The summed E-state index contributed by atoms with van der Waals surface area (Å²) < 4.78 is 5.21. The molecule has 2 N–H and O–H groups in total. The maximum absolute atomic E-state index is 12.1. The van der Waals surface area contributed by atoms with Gasteiger partial charge in [-0.15, -0.1) is 10.2 Å². The van der Waals surface area contributed by atoms with E-state index in [4.69, 9.17) is 4.74 Å². The average molecular weight is 362 g/mol. The van der Waals surface area contributed by atoms with E-state index in [1.807, 2.05) is 12.1 Å². The molecule has 0 bridgehead atoms. The van der Waals surface area contributed by atoms with Crippen molar-refractivity contribution in [3.05, 3.63) is 29.3 Å². The van der Waals surface area contributed by atoms with Gasteiger partial charge in [0.05, 0.1) is 12.8 Å². The molecule has 2 rings (SSSR count). The normalized spacial score (nSPS) is 10.5. The summed E-state index contributed by atoms with van der Waals surface area (Å²) in [5, 5.41) is 15.1. The molecule has 0 radical (unpaired) electrons. The first-order chi connectivity index (χ1) is 12.2. The van der Waals surface area contributed by atoms with Gasteiger partial charge in [0, 0.05) is 6.42 Å². The summed E-state index contributed by atoms with van der Waals surface area (Å²) in [7, 11) is 1.57. The monoisotopic (exact) mass is 362 g/mol. The van der Waals surface area contributed by atoms with Gasteiger partial charge in [0.15, 0.2) is 0 Å². The van der Waals surface area contributed by atoms with Crippen molar-refractivity contribution < 1.29 is 9.53 Å². The Hall–Kier alpha value is -2.15. The Morgan fingerprint density at radius 2 is 1.84 bits per heavy atom. The number of anilines is 2.